The van der Waals surface area contributed by atoms with Crippen LogP contribution in [0.5, 0.6) is 0 Å². The maximum Gasteiger partial charge on any atom is 0.0951 e. The van der Waals surface area contributed by atoms with Crippen LogP contribution < -0.4 is 0 Å². The van der Waals surface area contributed by atoms with E-state index in [0.717, 1.165) is 39.1 Å². The van der Waals surface area contributed by atoms with Gasteiger partial charge in [-0.15, -0.1) is 0 Å². The Kier molecular flexibility index (Phi) is 8.00. The number of hydrogen-bond acceptors (Lipinski definition) is 2. The van der Waals surface area contributed by atoms with Crippen molar-refractivity contribution in [2.75, 3.05) is 26.2 Å². The number of hydrogen-bond donors (Lipinski definition) is 0. The van der Waals surface area contributed by atoms with Crippen LogP contribution in [-0.4, -0.2) is 31.1 Å². The van der Waals surface area contributed by atoms with Gasteiger partial charge in [0.25, 0.3) is 0 Å². The quantitative estimate of drug-likeness (QED) is 0.616. The van der Waals surface area contributed by atoms with E-state index in [2.05, 4.69) is 80.3 Å². The van der Waals surface area contributed by atoms with Gasteiger partial charge in [0.1, 0.15) is 0 Å². The Morgan fingerprint density at radius 2 is 1.38 bits per heavy atom. The Hall–Kier alpha value is -1.64. The van der Waals surface area contributed by atoms with Crippen molar-refractivity contribution in [1.82, 2.24) is 4.90 Å². The summed E-state index contributed by atoms with van der Waals surface area (Å²) >= 11 is 0. The lowest BCUT2D eigenvalue weighted by molar-refractivity contribution is 0.0348. The summed E-state index contributed by atoms with van der Waals surface area (Å²) in [7, 11) is 0. The third-order valence-electron chi connectivity index (χ3n) is 4.58. The van der Waals surface area contributed by atoms with E-state index < -0.39 is 0 Å². The average Bonchev–Trinajstić information content (AvgIpc) is 2.65. The first kappa shape index (κ1) is 18.7. The minimum absolute atomic E-state index is 0.165. The summed E-state index contributed by atoms with van der Waals surface area (Å²) in [4.78, 5) is 2.42. The monoisotopic (exact) mass is 325 g/mol. The first-order valence-electron chi connectivity index (χ1n) is 9.23. The summed E-state index contributed by atoms with van der Waals surface area (Å²) in [6, 6.07) is 19.7. The van der Waals surface area contributed by atoms with Crippen molar-refractivity contribution >= 4 is 0 Å². The van der Waals surface area contributed by atoms with Gasteiger partial charge in [-0.05, 0) is 49.5 Å². The fraction of sp³-hybridized carbons (Fsp3) is 0.455. The van der Waals surface area contributed by atoms with E-state index >= 15 is 0 Å². The topological polar surface area (TPSA) is 12.5 Å². The highest BCUT2D eigenvalue weighted by atomic mass is 16.5. The first-order chi connectivity index (χ1) is 11.8. The van der Waals surface area contributed by atoms with E-state index in [0.29, 0.717) is 0 Å². The zero-order valence-corrected chi connectivity index (χ0v) is 15.4. The molecule has 2 aromatic rings. The second kappa shape index (κ2) is 10.3. The predicted molar refractivity (Wildman–Crippen MR) is 102 cm³/mol. The van der Waals surface area contributed by atoms with Gasteiger partial charge in [0.05, 0.1) is 6.10 Å². The lowest BCUT2D eigenvalue weighted by Crippen LogP contribution is -2.29. The van der Waals surface area contributed by atoms with Crippen molar-refractivity contribution in [3.05, 3.63) is 71.3 Å². The van der Waals surface area contributed by atoms with Gasteiger partial charge in [0.15, 0.2) is 0 Å². The van der Waals surface area contributed by atoms with Crippen LogP contribution >= 0.6 is 0 Å². The zero-order valence-electron chi connectivity index (χ0n) is 15.4. The molecule has 130 valence electrons. The zero-order chi connectivity index (χ0) is 17.2. The van der Waals surface area contributed by atoms with Crippen molar-refractivity contribution in [2.24, 2.45) is 0 Å². The number of aryl methyl sites for hydroxylation is 2. The van der Waals surface area contributed by atoms with Crippen LogP contribution in [-0.2, 0) is 17.6 Å². The standard InChI is InChI=1S/C22H31NO/c1-4-23(5-2)18-22(24-6-3)21-16-14-20(15-17-21)13-12-19-10-8-7-9-11-19/h7-11,14-17,22H,4-6,12-13,18H2,1-3H3/t22-/m0/s1. The third-order valence-corrected chi connectivity index (χ3v) is 4.58. The molecule has 2 heteroatoms. The van der Waals surface area contributed by atoms with E-state index in [1.807, 2.05) is 0 Å². The van der Waals surface area contributed by atoms with Crippen LogP contribution in [0.4, 0.5) is 0 Å². The van der Waals surface area contributed by atoms with E-state index in [9.17, 15) is 0 Å². The highest BCUT2D eigenvalue weighted by molar-refractivity contribution is 5.26. The first-order valence-corrected chi connectivity index (χ1v) is 9.23. The van der Waals surface area contributed by atoms with Crippen molar-refractivity contribution in [2.45, 2.75) is 39.7 Å². The van der Waals surface area contributed by atoms with Gasteiger partial charge in [-0.2, -0.15) is 0 Å². The molecule has 1 atom stereocenters. The van der Waals surface area contributed by atoms with Gasteiger partial charge in [0, 0.05) is 13.2 Å². The number of ether oxygens (including phenoxy) is 1. The Morgan fingerprint density at radius 3 is 1.92 bits per heavy atom. The Bertz CT molecular complexity index is 560. The molecular formula is C22H31NO. The molecule has 0 aliphatic carbocycles. The maximum atomic E-state index is 5.99. The fourth-order valence-corrected chi connectivity index (χ4v) is 3.00. The minimum Gasteiger partial charge on any atom is -0.372 e. The van der Waals surface area contributed by atoms with Crippen molar-refractivity contribution < 1.29 is 4.74 Å². The molecule has 0 radical (unpaired) electrons. The highest BCUT2D eigenvalue weighted by Gasteiger charge is 2.14. The molecule has 2 aromatic carbocycles. The number of likely N-dealkylation sites (N-methyl/N-ethyl adjacent to an activating group) is 1. The Morgan fingerprint density at radius 1 is 0.792 bits per heavy atom. The van der Waals surface area contributed by atoms with Crippen LogP contribution in [0.2, 0.25) is 0 Å². The van der Waals surface area contributed by atoms with Crippen LogP contribution in [0.25, 0.3) is 0 Å². The average molecular weight is 325 g/mol. The largest absolute Gasteiger partial charge is 0.372 e. The van der Waals surface area contributed by atoms with Gasteiger partial charge >= 0.3 is 0 Å². The molecule has 24 heavy (non-hydrogen) atoms. The molecule has 0 aliphatic heterocycles. The molecule has 0 bridgehead atoms. The minimum atomic E-state index is 0.165. The number of rotatable bonds is 10. The molecule has 0 spiro atoms. The molecule has 0 aliphatic rings. The number of nitrogens with zero attached hydrogens (tertiary/aromatic N) is 1. The SMILES string of the molecule is CCO[C@@H](CN(CC)CC)c1ccc(CCc2ccccc2)cc1. The summed E-state index contributed by atoms with van der Waals surface area (Å²) in [5, 5.41) is 0. The van der Waals surface area contributed by atoms with Crippen molar-refractivity contribution in [3.63, 3.8) is 0 Å². The van der Waals surface area contributed by atoms with Gasteiger partial charge in [0.2, 0.25) is 0 Å². The maximum absolute atomic E-state index is 5.99. The lowest BCUT2D eigenvalue weighted by atomic mass is 10.0. The Labute approximate surface area is 147 Å². The molecule has 0 N–H and O–H groups in total. The third kappa shape index (κ3) is 5.77. The molecular weight excluding hydrogens is 294 g/mol. The summed E-state index contributed by atoms with van der Waals surface area (Å²) in [5.74, 6) is 0. The van der Waals surface area contributed by atoms with Crippen LogP contribution in [0.3, 0.4) is 0 Å². The lowest BCUT2D eigenvalue weighted by Gasteiger charge is -2.25. The van der Waals surface area contributed by atoms with Crippen molar-refractivity contribution in [1.29, 1.82) is 0 Å². The summed E-state index contributed by atoms with van der Waals surface area (Å²) < 4.78 is 5.99. The summed E-state index contributed by atoms with van der Waals surface area (Å²) in [5.41, 5.74) is 4.07. The molecule has 0 saturated heterocycles. The summed E-state index contributed by atoms with van der Waals surface area (Å²) in [6.45, 7) is 10.3. The molecule has 2 nitrogen and oxygen atoms in total. The molecule has 2 rings (SSSR count). The number of benzene rings is 2. The molecule has 0 heterocycles. The second-order valence-electron chi connectivity index (χ2n) is 6.16. The molecule has 0 unspecified atom stereocenters. The molecule has 0 saturated carbocycles. The second-order valence-corrected chi connectivity index (χ2v) is 6.16. The van der Waals surface area contributed by atoms with E-state index in [4.69, 9.17) is 4.74 Å². The Balaban J connectivity index is 1.97. The molecule has 0 aromatic heterocycles. The highest BCUT2D eigenvalue weighted by Crippen LogP contribution is 2.20. The summed E-state index contributed by atoms with van der Waals surface area (Å²) in [6.07, 6.45) is 2.34. The van der Waals surface area contributed by atoms with E-state index in [1.54, 1.807) is 0 Å². The van der Waals surface area contributed by atoms with Crippen molar-refractivity contribution in [3.8, 4) is 0 Å². The smallest absolute Gasteiger partial charge is 0.0951 e. The van der Waals surface area contributed by atoms with Gasteiger partial charge in [-0.1, -0.05) is 68.4 Å². The van der Waals surface area contributed by atoms with E-state index in [1.165, 1.54) is 16.7 Å². The van der Waals surface area contributed by atoms with Gasteiger partial charge in [-0.3, -0.25) is 0 Å². The van der Waals surface area contributed by atoms with Gasteiger partial charge < -0.3 is 9.64 Å². The molecule has 0 amide bonds. The van der Waals surface area contributed by atoms with Crippen LogP contribution in [0.1, 0.15) is 43.6 Å². The van der Waals surface area contributed by atoms with Crippen LogP contribution in [0, 0.1) is 0 Å². The predicted octanol–water partition coefficient (Wildman–Crippen LogP) is 4.89. The fourth-order valence-electron chi connectivity index (χ4n) is 3.00. The molecule has 0 fully saturated rings. The van der Waals surface area contributed by atoms with Gasteiger partial charge in [-0.25, -0.2) is 0 Å². The normalized spacial score (nSPS) is 12.5. The van der Waals surface area contributed by atoms with E-state index in [-0.39, 0.29) is 6.10 Å². The van der Waals surface area contributed by atoms with Crippen LogP contribution in [0.15, 0.2) is 54.6 Å².